The quantitative estimate of drug-likeness (QED) is 0.425. The zero-order valence-corrected chi connectivity index (χ0v) is 17.3. The molecule has 8 heteroatoms. The van der Waals surface area contributed by atoms with E-state index in [1.54, 1.807) is 18.7 Å². The Morgan fingerprint density at radius 2 is 2.31 bits per heavy atom. The highest BCUT2D eigenvalue weighted by atomic mass is 127. The third-order valence-corrected chi connectivity index (χ3v) is 5.19. The van der Waals surface area contributed by atoms with Crippen LogP contribution in [-0.4, -0.2) is 58.7 Å². The van der Waals surface area contributed by atoms with Crippen molar-refractivity contribution in [3.05, 3.63) is 42.6 Å². The molecule has 4 rings (SSSR count). The predicted octanol–water partition coefficient (Wildman–Crippen LogP) is 2.07. The second-order valence-electron chi connectivity index (χ2n) is 6.83. The summed E-state index contributed by atoms with van der Waals surface area (Å²) in [5, 5.41) is 3.50. The number of pyridine rings is 1. The summed E-state index contributed by atoms with van der Waals surface area (Å²) in [5.41, 5.74) is 1.44. The highest BCUT2D eigenvalue weighted by Gasteiger charge is 2.42. The second-order valence-corrected chi connectivity index (χ2v) is 6.83. The van der Waals surface area contributed by atoms with Gasteiger partial charge in [-0.3, -0.25) is 9.56 Å². The third kappa shape index (κ3) is 3.85. The first-order valence-electron chi connectivity index (χ1n) is 8.75. The van der Waals surface area contributed by atoms with Gasteiger partial charge in [0.1, 0.15) is 12.1 Å². The van der Waals surface area contributed by atoms with Gasteiger partial charge in [-0.25, -0.2) is 9.97 Å². The van der Waals surface area contributed by atoms with E-state index < -0.39 is 0 Å². The summed E-state index contributed by atoms with van der Waals surface area (Å²) in [6.07, 6.45) is 9.58. The minimum atomic E-state index is 0. The molecule has 2 aliphatic rings. The fourth-order valence-electron chi connectivity index (χ4n) is 3.78. The van der Waals surface area contributed by atoms with Crippen molar-refractivity contribution in [1.29, 1.82) is 0 Å². The van der Waals surface area contributed by atoms with Gasteiger partial charge in [0.2, 0.25) is 0 Å². The Hall–Kier alpha value is -1.68. The molecule has 0 aromatic carbocycles. The van der Waals surface area contributed by atoms with E-state index in [0.717, 1.165) is 50.1 Å². The molecule has 2 aromatic rings. The Labute approximate surface area is 170 Å². The summed E-state index contributed by atoms with van der Waals surface area (Å²) >= 11 is 0. The average Bonchev–Trinajstić information content (AvgIpc) is 3.40. The first kappa shape index (κ1) is 19.1. The number of nitrogens with one attached hydrogen (secondary N) is 1. The van der Waals surface area contributed by atoms with Crippen molar-refractivity contribution >= 4 is 29.9 Å². The molecule has 0 radical (unpaired) electrons. The first-order chi connectivity index (χ1) is 12.3. The fourth-order valence-corrected chi connectivity index (χ4v) is 3.78. The number of hydrogen-bond donors (Lipinski definition) is 1. The van der Waals surface area contributed by atoms with Crippen LogP contribution in [0.15, 0.2) is 42.0 Å². The lowest BCUT2D eigenvalue weighted by Crippen LogP contribution is -2.41. The molecule has 1 unspecified atom stereocenters. The number of ether oxygens (including phenoxy) is 1. The molecule has 0 amide bonds. The molecule has 1 spiro atoms. The van der Waals surface area contributed by atoms with Gasteiger partial charge in [0, 0.05) is 62.9 Å². The van der Waals surface area contributed by atoms with Crippen molar-refractivity contribution in [2.45, 2.75) is 19.4 Å². The molecule has 2 saturated heterocycles. The zero-order chi connectivity index (χ0) is 17.1. The molecule has 0 saturated carbocycles. The second kappa shape index (κ2) is 8.34. The van der Waals surface area contributed by atoms with Crippen molar-refractivity contribution in [2.75, 3.05) is 33.4 Å². The summed E-state index contributed by atoms with van der Waals surface area (Å²) in [6.45, 7) is 4.50. The maximum absolute atomic E-state index is 5.63. The van der Waals surface area contributed by atoms with E-state index in [0.29, 0.717) is 12.0 Å². The van der Waals surface area contributed by atoms with Crippen LogP contribution < -0.4 is 5.32 Å². The fraction of sp³-hybridized carbons (Fsp3) is 0.500. The number of hydrogen-bond acceptors (Lipinski definition) is 4. The van der Waals surface area contributed by atoms with E-state index in [1.807, 2.05) is 23.9 Å². The number of aromatic nitrogens is 3. The normalized spacial score (nSPS) is 22.7. The molecule has 4 heterocycles. The van der Waals surface area contributed by atoms with Gasteiger partial charge in [-0.1, -0.05) is 6.07 Å². The van der Waals surface area contributed by atoms with Crippen LogP contribution in [0.1, 0.15) is 18.4 Å². The van der Waals surface area contributed by atoms with Gasteiger partial charge in [-0.2, -0.15) is 0 Å². The number of halogens is 1. The summed E-state index contributed by atoms with van der Waals surface area (Å²) < 4.78 is 7.56. The Kier molecular flexibility index (Phi) is 6.13. The highest BCUT2D eigenvalue weighted by Crippen LogP contribution is 2.38. The molecule has 1 atom stereocenters. The zero-order valence-electron chi connectivity index (χ0n) is 15.0. The molecular weight excluding hydrogens is 443 g/mol. The van der Waals surface area contributed by atoms with Crippen molar-refractivity contribution in [2.24, 2.45) is 10.4 Å². The van der Waals surface area contributed by atoms with Crippen molar-refractivity contribution < 1.29 is 4.74 Å². The molecule has 1 N–H and O–H groups in total. The van der Waals surface area contributed by atoms with E-state index in [1.165, 1.54) is 6.42 Å². The SMILES string of the molecule is CN=C(NCc1cccnc1-n1ccnc1)N1CCC2(CCOC2)C1.I. The van der Waals surface area contributed by atoms with Gasteiger partial charge in [0.05, 0.1) is 6.61 Å². The lowest BCUT2D eigenvalue weighted by molar-refractivity contribution is 0.156. The molecular formula is C18H25IN6O. The molecule has 2 aromatic heterocycles. The van der Waals surface area contributed by atoms with Gasteiger partial charge in [-0.15, -0.1) is 24.0 Å². The summed E-state index contributed by atoms with van der Waals surface area (Å²) in [5.74, 6) is 1.84. The van der Waals surface area contributed by atoms with Crippen molar-refractivity contribution in [1.82, 2.24) is 24.8 Å². The van der Waals surface area contributed by atoms with Crippen molar-refractivity contribution in [3.63, 3.8) is 0 Å². The monoisotopic (exact) mass is 468 g/mol. The first-order valence-corrected chi connectivity index (χ1v) is 8.75. The van der Waals surface area contributed by atoms with E-state index in [2.05, 4.69) is 31.2 Å². The van der Waals surface area contributed by atoms with Crippen LogP contribution in [0.4, 0.5) is 0 Å². The number of nitrogens with zero attached hydrogens (tertiary/aromatic N) is 5. The van der Waals surface area contributed by atoms with Gasteiger partial charge < -0.3 is 15.0 Å². The van der Waals surface area contributed by atoms with Crippen molar-refractivity contribution in [3.8, 4) is 5.82 Å². The summed E-state index contributed by atoms with van der Waals surface area (Å²) in [4.78, 5) is 15.4. The van der Waals surface area contributed by atoms with E-state index in [4.69, 9.17) is 4.74 Å². The van der Waals surface area contributed by atoms with Gasteiger partial charge >= 0.3 is 0 Å². The standard InChI is InChI=1S/C18H24N6O.HI/c1-19-17(23-8-4-18(12-23)5-10-25-13-18)22-11-15-3-2-6-21-16(15)24-9-7-20-14-24;/h2-3,6-7,9,14H,4-5,8,10-13H2,1H3,(H,19,22);1H. The maximum atomic E-state index is 5.63. The van der Waals surface area contributed by atoms with Crippen LogP contribution in [0, 0.1) is 5.41 Å². The van der Waals surface area contributed by atoms with Crippen LogP contribution in [-0.2, 0) is 11.3 Å². The molecule has 2 fully saturated rings. The molecule has 2 aliphatic heterocycles. The van der Waals surface area contributed by atoms with Gasteiger partial charge in [-0.05, 0) is 18.9 Å². The Balaban J connectivity index is 0.00000196. The minimum Gasteiger partial charge on any atom is -0.381 e. The summed E-state index contributed by atoms with van der Waals surface area (Å²) in [7, 11) is 1.85. The van der Waals surface area contributed by atoms with E-state index in [9.17, 15) is 0 Å². The molecule has 140 valence electrons. The van der Waals surface area contributed by atoms with E-state index in [-0.39, 0.29) is 24.0 Å². The highest BCUT2D eigenvalue weighted by molar-refractivity contribution is 14.0. The molecule has 7 nitrogen and oxygen atoms in total. The Morgan fingerprint density at radius 1 is 1.38 bits per heavy atom. The van der Waals surface area contributed by atoms with Gasteiger partial charge in [0.15, 0.2) is 5.96 Å². The maximum Gasteiger partial charge on any atom is 0.193 e. The van der Waals surface area contributed by atoms with Crippen LogP contribution in [0.2, 0.25) is 0 Å². The number of imidazole rings is 1. The Bertz CT molecular complexity index is 742. The number of likely N-dealkylation sites (tertiary alicyclic amines) is 1. The Morgan fingerprint density at radius 3 is 3.04 bits per heavy atom. The van der Waals surface area contributed by atoms with Gasteiger partial charge in [0.25, 0.3) is 0 Å². The van der Waals surface area contributed by atoms with Crippen LogP contribution in [0.3, 0.4) is 0 Å². The minimum absolute atomic E-state index is 0. The number of rotatable bonds is 3. The molecule has 0 bridgehead atoms. The third-order valence-electron chi connectivity index (χ3n) is 5.19. The molecule has 26 heavy (non-hydrogen) atoms. The largest absolute Gasteiger partial charge is 0.381 e. The lowest BCUT2D eigenvalue weighted by atomic mass is 9.87. The lowest BCUT2D eigenvalue weighted by Gasteiger charge is -2.25. The van der Waals surface area contributed by atoms with E-state index >= 15 is 0 Å². The predicted molar refractivity (Wildman–Crippen MR) is 111 cm³/mol. The average molecular weight is 468 g/mol. The number of guanidine groups is 1. The summed E-state index contributed by atoms with van der Waals surface area (Å²) in [6, 6.07) is 4.04. The number of aliphatic imine (C=N–C) groups is 1. The van der Waals surface area contributed by atoms with Crippen LogP contribution >= 0.6 is 24.0 Å². The topological polar surface area (TPSA) is 67.6 Å². The van der Waals surface area contributed by atoms with Crippen LogP contribution in [0.25, 0.3) is 5.82 Å². The van der Waals surface area contributed by atoms with Crippen LogP contribution in [0.5, 0.6) is 0 Å². The smallest absolute Gasteiger partial charge is 0.193 e. The molecule has 0 aliphatic carbocycles.